The Bertz CT molecular complexity index is 391. The number of amides is 1. The number of hydrogen-bond acceptors (Lipinski definition) is 3. The zero-order valence-electron chi connectivity index (χ0n) is 11.7. The molecule has 2 N–H and O–H groups in total. The molecule has 0 saturated carbocycles. The number of halogens is 2. The summed E-state index contributed by atoms with van der Waals surface area (Å²) in [5.74, 6) is 0.843. The van der Waals surface area contributed by atoms with Crippen molar-refractivity contribution in [1.82, 2.24) is 10.6 Å². The average molecular weight is 337 g/mol. The summed E-state index contributed by atoms with van der Waals surface area (Å²) in [6.45, 7) is 4.64. The van der Waals surface area contributed by atoms with Crippen molar-refractivity contribution in [2.24, 2.45) is 0 Å². The van der Waals surface area contributed by atoms with Crippen molar-refractivity contribution in [2.75, 3.05) is 25.4 Å². The average Bonchev–Trinajstić information content (AvgIpc) is 2.41. The lowest BCUT2D eigenvalue weighted by atomic mass is 10.4. The Labute approximate surface area is 136 Å². The Morgan fingerprint density at radius 3 is 2.70 bits per heavy atom. The minimum atomic E-state index is 0. The van der Waals surface area contributed by atoms with Gasteiger partial charge < -0.3 is 10.6 Å². The lowest BCUT2D eigenvalue weighted by Crippen LogP contribution is -2.32. The lowest BCUT2D eigenvalue weighted by Gasteiger charge is -2.06. The second-order valence-electron chi connectivity index (χ2n) is 4.13. The molecule has 3 nitrogen and oxygen atoms in total. The van der Waals surface area contributed by atoms with Crippen molar-refractivity contribution in [1.29, 1.82) is 0 Å². The predicted molar refractivity (Wildman–Crippen MR) is 90.2 cm³/mol. The third-order valence-corrected chi connectivity index (χ3v) is 3.99. The molecule has 0 aliphatic carbocycles. The van der Waals surface area contributed by atoms with E-state index in [9.17, 15) is 4.79 Å². The van der Waals surface area contributed by atoms with Crippen LogP contribution >= 0.6 is 35.8 Å². The van der Waals surface area contributed by atoms with Crippen LogP contribution in [0, 0.1) is 0 Å². The summed E-state index contributed by atoms with van der Waals surface area (Å²) in [5.41, 5.74) is 0. The molecule has 0 unspecified atom stereocenters. The van der Waals surface area contributed by atoms with Gasteiger partial charge in [0.05, 0.1) is 5.02 Å². The monoisotopic (exact) mass is 336 g/mol. The Kier molecular flexibility index (Phi) is 12.1. The van der Waals surface area contributed by atoms with Gasteiger partial charge in [-0.15, -0.1) is 24.2 Å². The smallest absolute Gasteiger partial charge is 0.220 e. The van der Waals surface area contributed by atoms with Crippen molar-refractivity contribution in [3.05, 3.63) is 29.3 Å². The fourth-order valence-corrected chi connectivity index (χ4v) is 2.68. The zero-order valence-corrected chi connectivity index (χ0v) is 14.0. The van der Waals surface area contributed by atoms with Crippen LogP contribution in [0.15, 0.2) is 29.2 Å². The molecule has 0 aliphatic rings. The molecule has 114 valence electrons. The molecular weight excluding hydrogens is 315 g/mol. The van der Waals surface area contributed by atoms with E-state index in [0.29, 0.717) is 13.0 Å². The number of nitrogens with one attached hydrogen (secondary N) is 2. The lowest BCUT2D eigenvalue weighted by molar-refractivity contribution is -0.120. The van der Waals surface area contributed by atoms with E-state index in [-0.39, 0.29) is 18.3 Å². The summed E-state index contributed by atoms with van der Waals surface area (Å²) in [6, 6.07) is 7.69. The van der Waals surface area contributed by atoms with E-state index < -0.39 is 0 Å². The number of rotatable bonds is 9. The standard InChI is InChI=1S/C14H21ClN2OS.ClH/c1-2-8-16-9-10-17-14(18)7-11-19-13-6-4-3-5-12(13)15;/h3-6,16H,2,7-11H2,1H3,(H,17,18);1H. The largest absolute Gasteiger partial charge is 0.355 e. The van der Waals surface area contributed by atoms with Crippen LogP contribution in [0.5, 0.6) is 0 Å². The Balaban J connectivity index is 0.00000361. The van der Waals surface area contributed by atoms with Gasteiger partial charge in [-0.25, -0.2) is 0 Å². The molecule has 1 rings (SSSR count). The van der Waals surface area contributed by atoms with Gasteiger partial charge in [0.2, 0.25) is 5.91 Å². The number of benzene rings is 1. The molecule has 0 radical (unpaired) electrons. The predicted octanol–water partition coefficient (Wildman–Crippen LogP) is 3.36. The molecule has 0 fully saturated rings. The number of thioether (sulfide) groups is 1. The Morgan fingerprint density at radius 2 is 2.00 bits per heavy atom. The first-order valence-corrected chi connectivity index (χ1v) is 7.95. The van der Waals surface area contributed by atoms with Crippen molar-refractivity contribution >= 4 is 41.7 Å². The van der Waals surface area contributed by atoms with Gasteiger partial charge in [0.25, 0.3) is 0 Å². The molecule has 0 atom stereocenters. The maximum Gasteiger partial charge on any atom is 0.220 e. The highest BCUT2D eigenvalue weighted by atomic mass is 35.5. The first-order chi connectivity index (χ1) is 9.24. The molecule has 20 heavy (non-hydrogen) atoms. The highest BCUT2D eigenvalue weighted by Gasteiger charge is 2.03. The quantitative estimate of drug-likeness (QED) is 0.536. The van der Waals surface area contributed by atoms with Gasteiger partial charge >= 0.3 is 0 Å². The number of carbonyl (C=O) groups is 1. The summed E-state index contributed by atoms with van der Waals surface area (Å²) in [7, 11) is 0. The van der Waals surface area contributed by atoms with Crippen molar-refractivity contribution in [2.45, 2.75) is 24.7 Å². The van der Waals surface area contributed by atoms with Crippen LogP contribution < -0.4 is 10.6 Å². The molecule has 0 aromatic heterocycles. The van der Waals surface area contributed by atoms with Crippen molar-refractivity contribution < 1.29 is 4.79 Å². The maximum absolute atomic E-state index is 11.6. The van der Waals surface area contributed by atoms with Gasteiger partial charge in [-0.1, -0.05) is 30.7 Å². The van der Waals surface area contributed by atoms with E-state index in [2.05, 4.69) is 17.6 Å². The van der Waals surface area contributed by atoms with Gasteiger partial charge in [-0.2, -0.15) is 0 Å². The van der Waals surface area contributed by atoms with Crippen LogP contribution in [0.25, 0.3) is 0 Å². The summed E-state index contributed by atoms with van der Waals surface area (Å²) >= 11 is 7.66. The second kappa shape index (κ2) is 12.3. The molecule has 0 spiro atoms. The third-order valence-electron chi connectivity index (χ3n) is 2.47. The van der Waals surface area contributed by atoms with Crippen LogP contribution in [0.2, 0.25) is 5.02 Å². The van der Waals surface area contributed by atoms with E-state index in [4.69, 9.17) is 11.6 Å². The minimum Gasteiger partial charge on any atom is -0.355 e. The van der Waals surface area contributed by atoms with Crippen LogP contribution in [0.4, 0.5) is 0 Å². The van der Waals surface area contributed by atoms with E-state index in [1.165, 1.54) is 0 Å². The van der Waals surface area contributed by atoms with Gasteiger partial charge in [0, 0.05) is 30.2 Å². The maximum atomic E-state index is 11.6. The van der Waals surface area contributed by atoms with Gasteiger partial charge in [0.1, 0.15) is 0 Å². The molecule has 0 aliphatic heterocycles. The fourth-order valence-electron chi connectivity index (χ4n) is 1.50. The second-order valence-corrected chi connectivity index (χ2v) is 5.67. The number of carbonyl (C=O) groups excluding carboxylic acids is 1. The Hall–Kier alpha value is -0.420. The first-order valence-electron chi connectivity index (χ1n) is 6.58. The molecule has 1 aromatic carbocycles. The molecule has 1 aromatic rings. The normalized spacial score (nSPS) is 9.90. The molecule has 6 heteroatoms. The van der Waals surface area contributed by atoms with Crippen LogP contribution in [-0.2, 0) is 4.79 Å². The SMILES string of the molecule is CCCNCCNC(=O)CCSc1ccccc1Cl.Cl. The summed E-state index contributed by atoms with van der Waals surface area (Å²) in [5, 5.41) is 6.88. The Morgan fingerprint density at radius 1 is 1.25 bits per heavy atom. The molecule has 0 saturated heterocycles. The zero-order chi connectivity index (χ0) is 13.9. The minimum absolute atomic E-state index is 0. The third kappa shape index (κ3) is 8.69. The van der Waals surface area contributed by atoms with E-state index in [1.807, 2.05) is 24.3 Å². The molecule has 0 bridgehead atoms. The molecule has 0 heterocycles. The van der Waals surface area contributed by atoms with Gasteiger partial charge in [-0.05, 0) is 25.1 Å². The highest BCUT2D eigenvalue weighted by Crippen LogP contribution is 2.26. The summed E-state index contributed by atoms with van der Waals surface area (Å²) in [6.07, 6.45) is 1.63. The van der Waals surface area contributed by atoms with Gasteiger partial charge in [-0.3, -0.25) is 4.79 Å². The molecule has 1 amide bonds. The van der Waals surface area contributed by atoms with Crippen LogP contribution in [0.1, 0.15) is 19.8 Å². The van der Waals surface area contributed by atoms with Gasteiger partial charge in [0.15, 0.2) is 0 Å². The number of hydrogen-bond donors (Lipinski definition) is 2. The van der Waals surface area contributed by atoms with Crippen molar-refractivity contribution in [3.8, 4) is 0 Å². The fraction of sp³-hybridized carbons (Fsp3) is 0.500. The highest BCUT2D eigenvalue weighted by molar-refractivity contribution is 7.99. The summed E-state index contributed by atoms with van der Waals surface area (Å²) in [4.78, 5) is 12.6. The molecular formula is C14H22Cl2N2OS. The van der Waals surface area contributed by atoms with Crippen LogP contribution in [0.3, 0.4) is 0 Å². The van der Waals surface area contributed by atoms with E-state index >= 15 is 0 Å². The summed E-state index contributed by atoms with van der Waals surface area (Å²) < 4.78 is 0. The van der Waals surface area contributed by atoms with Crippen molar-refractivity contribution in [3.63, 3.8) is 0 Å². The van der Waals surface area contributed by atoms with E-state index in [1.54, 1.807) is 11.8 Å². The topological polar surface area (TPSA) is 41.1 Å². The van der Waals surface area contributed by atoms with E-state index in [0.717, 1.165) is 35.2 Å². The first kappa shape index (κ1) is 19.6. The van der Waals surface area contributed by atoms with Crippen LogP contribution in [-0.4, -0.2) is 31.3 Å².